The van der Waals surface area contributed by atoms with Crippen LogP contribution in [0.2, 0.25) is 0 Å². The molecule has 2 heterocycles. The minimum atomic E-state index is -1.27. The van der Waals surface area contributed by atoms with Crippen molar-refractivity contribution in [1.82, 2.24) is 19.6 Å². The van der Waals surface area contributed by atoms with Gasteiger partial charge >= 0.3 is 0 Å². The minimum absolute atomic E-state index is 0.0315. The van der Waals surface area contributed by atoms with Gasteiger partial charge in [0.15, 0.2) is 11.5 Å². The van der Waals surface area contributed by atoms with Crippen LogP contribution in [0, 0.1) is 0 Å². The molecule has 0 aliphatic carbocycles. The molecular formula is C29H38N4O6. The van der Waals surface area contributed by atoms with Gasteiger partial charge in [0.2, 0.25) is 5.91 Å². The number of rotatable bonds is 13. The largest absolute Gasteiger partial charge is 0.493 e. The molecule has 1 aliphatic rings. The number of para-hydroxylation sites is 1. The molecule has 0 spiro atoms. The Morgan fingerprint density at radius 1 is 1.03 bits per heavy atom. The van der Waals surface area contributed by atoms with Crippen LogP contribution in [0.4, 0.5) is 0 Å². The van der Waals surface area contributed by atoms with Gasteiger partial charge in [-0.15, -0.1) is 0 Å². The summed E-state index contributed by atoms with van der Waals surface area (Å²) in [6.45, 7) is 3.48. The van der Waals surface area contributed by atoms with E-state index in [9.17, 15) is 9.90 Å². The number of benzene rings is 2. The van der Waals surface area contributed by atoms with Gasteiger partial charge in [-0.2, -0.15) is 5.10 Å². The molecule has 2 aromatic carbocycles. The van der Waals surface area contributed by atoms with Crippen LogP contribution < -0.4 is 14.2 Å². The second kappa shape index (κ2) is 14.0. The lowest BCUT2D eigenvalue weighted by Crippen LogP contribution is -2.52. The highest BCUT2D eigenvalue weighted by Gasteiger charge is 2.37. The molecule has 4 rings (SSSR count). The predicted molar refractivity (Wildman–Crippen MR) is 146 cm³/mol. The standard InChI is InChI=1S/C29H38N4O6/c1-36-20-28(34)32-16-15-31(21-29(35,22-32)23-39-25-8-4-3-5-9-25)19-24-10-11-26(27(18-24)37-2)38-17-7-14-33-13-6-12-30-33/h3-6,8-13,18,35H,7,14-17,19-23H2,1-2H3/t29-/m1/s1. The number of amides is 1. The molecule has 0 unspecified atom stereocenters. The van der Waals surface area contributed by atoms with Gasteiger partial charge in [0.25, 0.3) is 0 Å². The Kier molecular flexibility index (Phi) is 10.2. The fraction of sp³-hybridized carbons (Fsp3) is 0.448. The van der Waals surface area contributed by atoms with Crippen molar-refractivity contribution in [3.05, 3.63) is 72.6 Å². The third kappa shape index (κ3) is 8.44. The van der Waals surface area contributed by atoms with E-state index in [4.69, 9.17) is 18.9 Å². The quantitative estimate of drug-likeness (QED) is 0.332. The average molecular weight is 539 g/mol. The highest BCUT2D eigenvalue weighted by Crippen LogP contribution is 2.29. The molecule has 3 aromatic rings. The van der Waals surface area contributed by atoms with E-state index in [-0.39, 0.29) is 25.7 Å². The van der Waals surface area contributed by atoms with E-state index in [0.717, 1.165) is 18.5 Å². The third-order valence-corrected chi connectivity index (χ3v) is 6.54. The van der Waals surface area contributed by atoms with Crippen LogP contribution in [0.5, 0.6) is 17.2 Å². The van der Waals surface area contributed by atoms with Crippen molar-refractivity contribution >= 4 is 5.91 Å². The maximum Gasteiger partial charge on any atom is 0.248 e. The van der Waals surface area contributed by atoms with Crippen molar-refractivity contribution < 1.29 is 28.8 Å². The lowest BCUT2D eigenvalue weighted by atomic mass is 10.0. The monoisotopic (exact) mass is 538 g/mol. The molecule has 1 N–H and O–H groups in total. The number of hydrogen-bond acceptors (Lipinski definition) is 8. The van der Waals surface area contributed by atoms with E-state index in [2.05, 4.69) is 10.00 Å². The van der Waals surface area contributed by atoms with Crippen molar-refractivity contribution in [3.63, 3.8) is 0 Å². The Hall–Kier alpha value is -3.60. The molecule has 10 nitrogen and oxygen atoms in total. The van der Waals surface area contributed by atoms with Gasteiger partial charge in [0.05, 0.1) is 20.3 Å². The van der Waals surface area contributed by atoms with Crippen molar-refractivity contribution in [2.75, 3.05) is 60.2 Å². The summed E-state index contributed by atoms with van der Waals surface area (Å²) in [5.41, 5.74) is -0.254. The number of ether oxygens (including phenoxy) is 4. The first-order valence-electron chi connectivity index (χ1n) is 13.1. The molecule has 210 valence electrons. The molecule has 1 atom stereocenters. The lowest BCUT2D eigenvalue weighted by molar-refractivity contribution is -0.138. The second-order valence-corrected chi connectivity index (χ2v) is 9.74. The van der Waals surface area contributed by atoms with Crippen LogP contribution in [0.25, 0.3) is 0 Å². The average Bonchev–Trinajstić information content (AvgIpc) is 3.41. The molecule has 1 aliphatic heterocycles. The summed E-state index contributed by atoms with van der Waals surface area (Å²) in [5.74, 6) is 1.84. The van der Waals surface area contributed by atoms with Gasteiger partial charge in [0.1, 0.15) is 24.6 Å². The Morgan fingerprint density at radius 3 is 2.62 bits per heavy atom. The Bertz CT molecular complexity index is 1160. The maximum absolute atomic E-state index is 12.7. The van der Waals surface area contributed by atoms with Crippen LogP contribution in [-0.4, -0.2) is 96.4 Å². The first kappa shape index (κ1) is 28.4. The molecule has 1 amide bonds. The van der Waals surface area contributed by atoms with E-state index >= 15 is 0 Å². The SMILES string of the molecule is COCC(=O)N1CCN(Cc2ccc(OCCCn3cccn3)c(OC)c2)C[C@](O)(COc2ccccc2)C1. The van der Waals surface area contributed by atoms with Crippen LogP contribution in [0.1, 0.15) is 12.0 Å². The first-order valence-corrected chi connectivity index (χ1v) is 13.1. The van der Waals surface area contributed by atoms with Gasteiger partial charge in [-0.05, 0) is 35.9 Å². The number of nitrogens with zero attached hydrogens (tertiary/aromatic N) is 4. The number of aryl methyl sites for hydroxylation is 1. The number of aliphatic hydroxyl groups is 1. The van der Waals surface area contributed by atoms with Crippen molar-refractivity contribution in [2.45, 2.75) is 25.1 Å². The van der Waals surface area contributed by atoms with Gasteiger partial charge in [-0.1, -0.05) is 24.3 Å². The molecule has 1 saturated heterocycles. The summed E-state index contributed by atoms with van der Waals surface area (Å²) in [5, 5.41) is 15.8. The number of carbonyl (C=O) groups is 1. The van der Waals surface area contributed by atoms with Crippen molar-refractivity contribution in [2.24, 2.45) is 0 Å². The fourth-order valence-electron chi connectivity index (χ4n) is 4.66. The normalized spacial score (nSPS) is 18.0. The predicted octanol–water partition coefficient (Wildman–Crippen LogP) is 2.46. The smallest absolute Gasteiger partial charge is 0.248 e. The molecule has 0 radical (unpaired) electrons. The van der Waals surface area contributed by atoms with Crippen LogP contribution in [0.15, 0.2) is 67.0 Å². The molecule has 1 fully saturated rings. The van der Waals surface area contributed by atoms with Crippen LogP contribution >= 0.6 is 0 Å². The fourth-order valence-corrected chi connectivity index (χ4v) is 4.66. The number of β-amino-alcohol motifs (C(OH)–C–C–N with tert-alkyl or cyclic N) is 1. The number of aromatic nitrogens is 2. The second-order valence-electron chi connectivity index (χ2n) is 9.74. The summed E-state index contributed by atoms with van der Waals surface area (Å²) in [4.78, 5) is 16.5. The Labute approximate surface area is 229 Å². The summed E-state index contributed by atoms with van der Waals surface area (Å²) in [6.07, 6.45) is 4.52. The maximum atomic E-state index is 12.7. The van der Waals surface area contributed by atoms with Gasteiger partial charge < -0.3 is 29.0 Å². The van der Waals surface area contributed by atoms with E-state index in [0.29, 0.717) is 50.0 Å². The summed E-state index contributed by atoms with van der Waals surface area (Å²) in [6, 6.07) is 17.1. The van der Waals surface area contributed by atoms with E-state index in [1.807, 2.05) is 65.5 Å². The van der Waals surface area contributed by atoms with Crippen molar-refractivity contribution in [3.8, 4) is 17.2 Å². The van der Waals surface area contributed by atoms with Crippen LogP contribution in [0.3, 0.4) is 0 Å². The first-order chi connectivity index (χ1) is 19.0. The summed E-state index contributed by atoms with van der Waals surface area (Å²) < 4.78 is 24.4. The topological polar surface area (TPSA) is 98.5 Å². The van der Waals surface area contributed by atoms with Gasteiger partial charge in [-0.3, -0.25) is 14.4 Å². The van der Waals surface area contributed by atoms with Crippen LogP contribution in [-0.2, 0) is 22.6 Å². The van der Waals surface area contributed by atoms with Gasteiger partial charge in [0, 0.05) is 58.6 Å². The van der Waals surface area contributed by atoms with Crippen molar-refractivity contribution in [1.29, 1.82) is 0 Å². The zero-order chi connectivity index (χ0) is 27.5. The number of methoxy groups -OCH3 is 2. The summed E-state index contributed by atoms with van der Waals surface area (Å²) in [7, 11) is 3.12. The van der Waals surface area contributed by atoms with E-state index < -0.39 is 5.60 Å². The minimum Gasteiger partial charge on any atom is -0.493 e. The molecule has 10 heteroatoms. The molecule has 0 bridgehead atoms. The highest BCUT2D eigenvalue weighted by molar-refractivity contribution is 5.77. The molecular weight excluding hydrogens is 500 g/mol. The number of hydrogen-bond donors (Lipinski definition) is 1. The Morgan fingerprint density at radius 2 is 1.87 bits per heavy atom. The molecule has 0 saturated carbocycles. The van der Waals surface area contributed by atoms with Gasteiger partial charge in [-0.25, -0.2) is 0 Å². The Balaban J connectivity index is 1.40. The van der Waals surface area contributed by atoms with E-state index in [1.165, 1.54) is 7.11 Å². The zero-order valence-electron chi connectivity index (χ0n) is 22.7. The molecule has 39 heavy (non-hydrogen) atoms. The lowest BCUT2D eigenvalue weighted by Gasteiger charge is -2.33. The zero-order valence-corrected chi connectivity index (χ0v) is 22.7. The third-order valence-electron chi connectivity index (χ3n) is 6.54. The highest BCUT2D eigenvalue weighted by atomic mass is 16.5. The summed E-state index contributed by atoms with van der Waals surface area (Å²) >= 11 is 0. The number of carbonyl (C=O) groups excluding carboxylic acids is 1. The molecule has 1 aromatic heterocycles. The van der Waals surface area contributed by atoms with E-state index in [1.54, 1.807) is 18.2 Å².